The summed E-state index contributed by atoms with van der Waals surface area (Å²) < 4.78 is 2.06. The first-order valence-electron chi connectivity index (χ1n) is 6.27. The number of carbonyl (C=O) groups is 2. The Bertz CT molecular complexity index is 660. The first kappa shape index (κ1) is 14.0. The monoisotopic (exact) mass is 280 g/mol. The summed E-state index contributed by atoms with van der Waals surface area (Å²) in [5.74, 6) is -0.893. The second-order valence-corrected chi connectivity index (χ2v) is 4.77. The van der Waals surface area contributed by atoms with Crippen molar-refractivity contribution >= 4 is 11.8 Å². The Morgan fingerprint density at radius 1 is 1.40 bits per heavy atom. The van der Waals surface area contributed by atoms with Crippen molar-refractivity contribution < 1.29 is 9.59 Å². The van der Waals surface area contributed by atoms with Crippen molar-refractivity contribution in [2.75, 3.05) is 6.54 Å². The molecule has 8 heteroatoms. The topological polar surface area (TPSA) is 107 Å². The van der Waals surface area contributed by atoms with Gasteiger partial charge in [-0.2, -0.15) is 0 Å². The average molecular weight is 280 g/mol. The molecule has 2 rings (SSSR count). The van der Waals surface area contributed by atoms with Crippen molar-refractivity contribution in [3.63, 3.8) is 0 Å². The maximum absolute atomic E-state index is 12.1. The van der Waals surface area contributed by atoms with Gasteiger partial charge in [0, 0.05) is 25.9 Å². The van der Waals surface area contributed by atoms with Gasteiger partial charge in [0.25, 0.3) is 5.56 Å². The standard InChI is InChI=1S/C12H16N4O4/c1-14-9(17)4-6-15(12(14)20)7-10(18)16-5-2-3-8(16)11(13)19/h4,6,8H,2-3,5,7H2,1H3,(H2,13,19). The minimum atomic E-state index is -0.606. The second-order valence-electron chi connectivity index (χ2n) is 4.77. The summed E-state index contributed by atoms with van der Waals surface area (Å²) in [6.45, 7) is 0.240. The zero-order valence-corrected chi connectivity index (χ0v) is 11.1. The normalized spacial score (nSPS) is 18.2. The Morgan fingerprint density at radius 3 is 2.75 bits per heavy atom. The van der Waals surface area contributed by atoms with E-state index in [9.17, 15) is 19.2 Å². The minimum absolute atomic E-state index is 0.212. The van der Waals surface area contributed by atoms with Gasteiger partial charge in [-0.15, -0.1) is 0 Å². The summed E-state index contributed by atoms with van der Waals surface area (Å²) in [5, 5.41) is 0. The third-order valence-electron chi connectivity index (χ3n) is 3.47. The van der Waals surface area contributed by atoms with Crippen LogP contribution in [0.1, 0.15) is 12.8 Å². The summed E-state index contributed by atoms with van der Waals surface area (Å²) in [6.07, 6.45) is 2.53. The lowest BCUT2D eigenvalue weighted by molar-refractivity contribution is -0.137. The summed E-state index contributed by atoms with van der Waals surface area (Å²) >= 11 is 0. The molecule has 1 fully saturated rings. The number of likely N-dealkylation sites (tertiary alicyclic amines) is 1. The number of rotatable bonds is 3. The number of carbonyl (C=O) groups excluding carboxylic acids is 2. The average Bonchev–Trinajstić information content (AvgIpc) is 2.89. The number of amides is 2. The first-order chi connectivity index (χ1) is 9.41. The van der Waals surface area contributed by atoms with Gasteiger partial charge in [0.05, 0.1) is 0 Å². The molecule has 1 aromatic heterocycles. The van der Waals surface area contributed by atoms with Gasteiger partial charge in [0.2, 0.25) is 11.8 Å². The van der Waals surface area contributed by atoms with Crippen LogP contribution < -0.4 is 17.0 Å². The lowest BCUT2D eigenvalue weighted by Gasteiger charge is -2.22. The molecule has 108 valence electrons. The molecule has 1 saturated heterocycles. The molecule has 2 N–H and O–H groups in total. The molecule has 2 amide bonds. The van der Waals surface area contributed by atoms with Crippen molar-refractivity contribution in [2.45, 2.75) is 25.4 Å². The molecule has 1 aromatic rings. The molecule has 1 unspecified atom stereocenters. The maximum atomic E-state index is 12.1. The number of aromatic nitrogens is 2. The molecule has 0 spiro atoms. The molecular formula is C12H16N4O4. The van der Waals surface area contributed by atoms with E-state index in [1.54, 1.807) is 0 Å². The van der Waals surface area contributed by atoms with Crippen molar-refractivity contribution in [2.24, 2.45) is 12.8 Å². The number of hydrogen-bond acceptors (Lipinski definition) is 4. The molecule has 1 atom stereocenters. The molecule has 0 bridgehead atoms. The Hall–Kier alpha value is -2.38. The Labute approximate surface area is 114 Å². The van der Waals surface area contributed by atoms with Crippen LogP contribution in [-0.2, 0) is 23.2 Å². The molecule has 1 aliphatic heterocycles. The van der Waals surface area contributed by atoms with E-state index in [-0.39, 0.29) is 12.5 Å². The van der Waals surface area contributed by atoms with Crippen molar-refractivity contribution in [1.82, 2.24) is 14.0 Å². The molecule has 1 aliphatic rings. The van der Waals surface area contributed by atoms with Gasteiger partial charge in [-0.1, -0.05) is 0 Å². The second kappa shape index (κ2) is 5.32. The van der Waals surface area contributed by atoms with Gasteiger partial charge in [0.15, 0.2) is 0 Å². The fraction of sp³-hybridized carbons (Fsp3) is 0.500. The van der Waals surface area contributed by atoms with E-state index in [2.05, 4.69) is 0 Å². The molecular weight excluding hydrogens is 264 g/mol. The van der Waals surface area contributed by atoms with Crippen LogP contribution in [0.4, 0.5) is 0 Å². The Kier molecular flexibility index (Phi) is 3.73. The Morgan fingerprint density at radius 2 is 2.10 bits per heavy atom. The third kappa shape index (κ3) is 2.49. The van der Waals surface area contributed by atoms with Crippen LogP contribution >= 0.6 is 0 Å². The van der Waals surface area contributed by atoms with Gasteiger partial charge in [-0.05, 0) is 12.8 Å². The lowest BCUT2D eigenvalue weighted by atomic mass is 10.2. The first-order valence-corrected chi connectivity index (χ1v) is 6.27. The zero-order valence-electron chi connectivity index (χ0n) is 11.1. The summed E-state index contributed by atoms with van der Waals surface area (Å²) in [5.41, 5.74) is 4.24. The van der Waals surface area contributed by atoms with Crippen LogP contribution in [-0.4, -0.2) is 38.4 Å². The quantitative estimate of drug-likeness (QED) is 0.692. The highest BCUT2D eigenvalue weighted by molar-refractivity contribution is 5.87. The number of primary amides is 1. The SMILES string of the molecule is Cn1c(=O)ccn(CC(=O)N2CCCC2C(N)=O)c1=O. The van der Waals surface area contributed by atoms with E-state index in [0.29, 0.717) is 19.4 Å². The predicted octanol–water partition coefficient (Wildman–Crippen LogP) is -1.98. The smallest absolute Gasteiger partial charge is 0.331 e. The summed E-state index contributed by atoms with van der Waals surface area (Å²) in [6, 6.07) is 0.607. The van der Waals surface area contributed by atoms with Gasteiger partial charge < -0.3 is 10.6 Å². The van der Waals surface area contributed by atoms with E-state index in [0.717, 1.165) is 9.13 Å². The van der Waals surface area contributed by atoms with Crippen molar-refractivity contribution in [1.29, 1.82) is 0 Å². The number of hydrogen-bond donors (Lipinski definition) is 1. The largest absolute Gasteiger partial charge is 0.368 e. The van der Waals surface area contributed by atoms with E-state index in [1.165, 1.54) is 24.2 Å². The fourth-order valence-electron chi connectivity index (χ4n) is 2.33. The highest BCUT2D eigenvalue weighted by atomic mass is 16.2. The molecule has 0 saturated carbocycles. The third-order valence-corrected chi connectivity index (χ3v) is 3.47. The van der Waals surface area contributed by atoms with Gasteiger partial charge in [0.1, 0.15) is 12.6 Å². The molecule has 0 radical (unpaired) electrons. The molecule has 8 nitrogen and oxygen atoms in total. The van der Waals surface area contributed by atoms with Crippen LogP contribution in [0.2, 0.25) is 0 Å². The molecule has 20 heavy (non-hydrogen) atoms. The van der Waals surface area contributed by atoms with Gasteiger partial charge in [-0.3, -0.25) is 23.5 Å². The molecule has 0 aromatic carbocycles. The van der Waals surface area contributed by atoms with Crippen molar-refractivity contribution in [3.05, 3.63) is 33.1 Å². The lowest BCUT2D eigenvalue weighted by Crippen LogP contribution is -2.46. The van der Waals surface area contributed by atoms with E-state index in [1.807, 2.05) is 0 Å². The summed E-state index contributed by atoms with van der Waals surface area (Å²) in [7, 11) is 1.34. The minimum Gasteiger partial charge on any atom is -0.368 e. The van der Waals surface area contributed by atoms with Crippen LogP contribution in [0.25, 0.3) is 0 Å². The van der Waals surface area contributed by atoms with Gasteiger partial charge >= 0.3 is 5.69 Å². The van der Waals surface area contributed by atoms with Crippen LogP contribution in [0.3, 0.4) is 0 Å². The van der Waals surface area contributed by atoms with Crippen LogP contribution in [0.15, 0.2) is 21.9 Å². The van der Waals surface area contributed by atoms with Crippen molar-refractivity contribution in [3.8, 4) is 0 Å². The van der Waals surface area contributed by atoms with E-state index >= 15 is 0 Å². The Balaban J connectivity index is 2.20. The summed E-state index contributed by atoms with van der Waals surface area (Å²) in [4.78, 5) is 47.9. The van der Waals surface area contributed by atoms with Gasteiger partial charge in [-0.25, -0.2) is 4.79 Å². The number of nitrogens with zero attached hydrogens (tertiary/aromatic N) is 3. The zero-order chi connectivity index (χ0) is 14.9. The molecule has 0 aliphatic carbocycles. The fourth-order valence-corrected chi connectivity index (χ4v) is 2.33. The van der Waals surface area contributed by atoms with Crippen LogP contribution in [0.5, 0.6) is 0 Å². The highest BCUT2D eigenvalue weighted by Gasteiger charge is 2.32. The van der Waals surface area contributed by atoms with Crippen LogP contribution in [0, 0.1) is 0 Å². The molecule has 2 heterocycles. The maximum Gasteiger partial charge on any atom is 0.331 e. The van der Waals surface area contributed by atoms with E-state index in [4.69, 9.17) is 5.73 Å². The predicted molar refractivity (Wildman–Crippen MR) is 69.9 cm³/mol. The number of nitrogens with two attached hydrogens (primary N) is 1. The van der Waals surface area contributed by atoms with E-state index < -0.39 is 23.2 Å². The highest BCUT2D eigenvalue weighted by Crippen LogP contribution is 2.17.